The third-order valence-electron chi connectivity index (χ3n) is 3.24. The van der Waals surface area contributed by atoms with Crippen molar-refractivity contribution in [3.05, 3.63) is 35.4 Å². The summed E-state index contributed by atoms with van der Waals surface area (Å²) >= 11 is 0. The maximum Gasteiger partial charge on any atom is 0.137 e. The average Bonchev–Trinajstić information content (AvgIpc) is 2.38. The van der Waals surface area contributed by atoms with Crippen molar-refractivity contribution in [2.75, 3.05) is 0 Å². The van der Waals surface area contributed by atoms with Crippen LogP contribution in [0.2, 0.25) is 0 Å². The molecule has 19 heavy (non-hydrogen) atoms. The molecule has 0 spiro atoms. The monoisotopic (exact) mass is 268 g/mol. The van der Waals surface area contributed by atoms with E-state index in [-0.39, 0.29) is 17.8 Å². The number of Topliss-reactive ketones (excluding diaryl/α,β-unsaturated/α-hetero) is 1. The normalized spacial score (nSPS) is 10.7. The number of hydrogen-bond acceptors (Lipinski definition) is 1. The second-order valence-corrected chi connectivity index (χ2v) is 4.93. The van der Waals surface area contributed by atoms with Gasteiger partial charge in [-0.3, -0.25) is 4.79 Å². The lowest BCUT2D eigenvalue weighted by Gasteiger charge is -2.04. The van der Waals surface area contributed by atoms with Crippen molar-refractivity contribution in [2.24, 2.45) is 0 Å². The van der Waals surface area contributed by atoms with Crippen LogP contribution in [-0.4, -0.2) is 5.78 Å². The standard InChI is InChI=1S/C16H22F2O/c1-2-3-4-5-6-7-9-13(19)12-14-15(17)10-8-11-16(14)18/h8,10-11H,2-7,9,12H2,1H3. The maximum absolute atomic E-state index is 13.3. The molecular formula is C16H22F2O. The van der Waals surface area contributed by atoms with E-state index in [4.69, 9.17) is 0 Å². The fourth-order valence-corrected chi connectivity index (χ4v) is 2.09. The minimum atomic E-state index is -0.628. The minimum absolute atomic E-state index is 0.0838. The Morgan fingerprint density at radius 1 is 1.00 bits per heavy atom. The predicted molar refractivity (Wildman–Crippen MR) is 73.1 cm³/mol. The molecule has 1 aromatic carbocycles. The summed E-state index contributed by atoms with van der Waals surface area (Å²) in [7, 11) is 0. The Morgan fingerprint density at radius 3 is 2.21 bits per heavy atom. The van der Waals surface area contributed by atoms with E-state index in [0.29, 0.717) is 6.42 Å². The van der Waals surface area contributed by atoms with E-state index in [1.807, 2.05) is 0 Å². The Bertz CT molecular complexity index is 381. The number of hydrogen-bond donors (Lipinski definition) is 0. The van der Waals surface area contributed by atoms with Gasteiger partial charge in [0.1, 0.15) is 17.4 Å². The Hall–Kier alpha value is -1.25. The number of halogens is 2. The summed E-state index contributed by atoms with van der Waals surface area (Å²) in [5.74, 6) is -1.34. The van der Waals surface area contributed by atoms with Gasteiger partial charge in [0, 0.05) is 18.4 Å². The van der Waals surface area contributed by atoms with Gasteiger partial charge >= 0.3 is 0 Å². The van der Waals surface area contributed by atoms with Gasteiger partial charge in [-0.15, -0.1) is 0 Å². The molecule has 1 nitrogen and oxygen atoms in total. The van der Waals surface area contributed by atoms with Crippen LogP contribution in [0.3, 0.4) is 0 Å². The van der Waals surface area contributed by atoms with Crippen LogP contribution in [0, 0.1) is 11.6 Å². The first-order chi connectivity index (χ1) is 9.15. The van der Waals surface area contributed by atoms with Crippen LogP contribution in [0.25, 0.3) is 0 Å². The maximum atomic E-state index is 13.3. The third kappa shape index (κ3) is 5.95. The van der Waals surface area contributed by atoms with E-state index in [9.17, 15) is 13.6 Å². The zero-order valence-corrected chi connectivity index (χ0v) is 11.6. The summed E-state index contributed by atoms with van der Waals surface area (Å²) in [5.41, 5.74) is -0.0986. The average molecular weight is 268 g/mol. The Morgan fingerprint density at radius 2 is 1.58 bits per heavy atom. The largest absolute Gasteiger partial charge is 0.299 e. The number of benzene rings is 1. The Kier molecular flexibility index (Phi) is 7.31. The van der Waals surface area contributed by atoms with Crippen LogP contribution in [0.5, 0.6) is 0 Å². The minimum Gasteiger partial charge on any atom is -0.299 e. The van der Waals surface area contributed by atoms with Crippen LogP contribution in [0.15, 0.2) is 18.2 Å². The van der Waals surface area contributed by atoms with Crippen LogP contribution in [-0.2, 0) is 11.2 Å². The molecule has 106 valence electrons. The van der Waals surface area contributed by atoms with Crippen LogP contribution in [0.4, 0.5) is 8.78 Å². The molecule has 0 aliphatic heterocycles. The van der Waals surface area contributed by atoms with E-state index in [1.54, 1.807) is 0 Å². The smallest absolute Gasteiger partial charge is 0.137 e. The predicted octanol–water partition coefficient (Wildman–Crippen LogP) is 4.83. The van der Waals surface area contributed by atoms with Crippen molar-refractivity contribution in [3.8, 4) is 0 Å². The molecule has 0 atom stereocenters. The van der Waals surface area contributed by atoms with Crippen molar-refractivity contribution in [1.82, 2.24) is 0 Å². The van der Waals surface area contributed by atoms with Crippen molar-refractivity contribution in [3.63, 3.8) is 0 Å². The summed E-state index contributed by atoms with van der Waals surface area (Å²) in [5, 5.41) is 0. The quantitative estimate of drug-likeness (QED) is 0.586. The second kappa shape index (κ2) is 8.78. The first kappa shape index (κ1) is 15.8. The molecule has 1 aromatic rings. The van der Waals surface area contributed by atoms with Gasteiger partial charge in [-0.25, -0.2) is 8.78 Å². The van der Waals surface area contributed by atoms with Gasteiger partial charge in [-0.1, -0.05) is 45.1 Å². The van der Waals surface area contributed by atoms with Crippen molar-refractivity contribution >= 4 is 5.78 Å². The van der Waals surface area contributed by atoms with Crippen LogP contribution < -0.4 is 0 Å². The van der Waals surface area contributed by atoms with Gasteiger partial charge in [0.05, 0.1) is 0 Å². The molecule has 0 unspecified atom stereocenters. The first-order valence-corrected chi connectivity index (χ1v) is 7.09. The number of rotatable bonds is 9. The highest BCUT2D eigenvalue weighted by molar-refractivity contribution is 5.80. The molecule has 0 saturated carbocycles. The van der Waals surface area contributed by atoms with Crippen molar-refractivity contribution in [1.29, 1.82) is 0 Å². The zero-order chi connectivity index (χ0) is 14.1. The number of carbonyl (C=O) groups is 1. The molecule has 0 amide bonds. The van der Waals surface area contributed by atoms with Crippen LogP contribution in [0.1, 0.15) is 57.4 Å². The summed E-state index contributed by atoms with van der Waals surface area (Å²) < 4.78 is 26.7. The lowest BCUT2D eigenvalue weighted by molar-refractivity contribution is -0.118. The highest BCUT2D eigenvalue weighted by atomic mass is 19.1. The fourth-order valence-electron chi connectivity index (χ4n) is 2.09. The number of unbranched alkanes of at least 4 members (excludes halogenated alkanes) is 5. The van der Waals surface area contributed by atoms with Crippen LogP contribution >= 0.6 is 0 Å². The summed E-state index contributed by atoms with van der Waals surface area (Å²) in [6.45, 7) is 2.16. The molecule has 0 radical (unpaired) electrons. The van der Waals surface area contributed by atoms with Gasteiger partial charge in [0.25, 0.3) is 0 Å². The lowest BCUT2D eigenvalue weighted by Crippen LogP contribution is -2.06. The highest BCUT2D eigenvalue weighted by Gasteiger charge is 2.12. The SMILES string of the molecule is CCCCCCCCC(=O)Cc1c(F)cccc1F. The zero-order valence-electron chi connectivity index (χ0n) is 11.6. The molecule has 0 fully saturated rings. The molecule has 0 aliphatic rings. The molecule has 1 rings (SSSR count). The van der Waals surface area contributed by atoms with Gasteiger partial charge < -0.3 is 0 Å². The molecule has 0 heterocycles. The molecule has 3 heteroatoms. The van der Waals surface area contributed by atoms with Crippen molar-refractivity contribution in [2.45, 2.75) is 58.3 Å². The van der Waals surface area contributed by atoms with E-state index in [1.165, 1.54) is 37.5 Å². The lowest BCUT2D eigenvalue weighted by atomic mass is 10.0. The van der Waals surface area contributed by atoms with E-state index < -0.39 is 11.6 Å². The van der Waals surface area contributed by atoms with E-state index in [2.05, 4.69) is 6.92 Å². The second-order valence-electron chi connectivity index (χ2n) is 4.93. The molecule has 0 saturated heterocycles. The topological polar surface area (TPSA) is 17.1 Å². The summed E-state index contributed by atoms with van der Waals surface area (Å²) in [6.07, 6.45) is 6.89. The van der Waals surface area contributed by atoms with E-state index in [0.717, 1.165) is 19.3 Å². The molecule has 0 aliphatic carbocycles. The highest BCUT2D eigenvalue weighted by Crippen LogP contribution is 2.15. The molecular weight excluding hydrogens is 246 g/mol. The van der Waals surface area contributed by atoms with Gasteiger partial charge in [0.15, 0.2) is 0 Å². The summed E-state index contributed by atoms with van der Waals surface area (Å²) in [4.78, 5) is 11.7. The van der Waals surface area contributed by atoms with Crippen molar-refractivity contribution < 1.29 is 13.6 Å². The van der Waals surface area contributed by atoms with Gasteiger partial charge in [-0.2, -0.15) is 0 Å². The van der Waals surface area contributed by atoms with Gasteiger partial charge in [0.2, 0.25) is 0 Å². The van der Waals surface area contributed by atoms with Gasteiger partial charge in [-0.05, 0) is 18.6 Å². The first-order valence-electron chi connectivity index (χ1n) is 7.09. The molecule has 0 N–H and O–H groups in total. The van der Waals surface area contributed by atoms with E-state index >= 15 is 0 Å². The summed E-state index contributed by atoms with van der Waals surface area (Å²) in [6, 6.07) is 3.69. The molecule has 0 bridgehead atoms. The number of carbonyl (C=O) groups excluding carboxylic acids is 1. The third-order valence-corrected chi connectivity index (χ3v) is 3.24. The Labute approximate surface area is 114 Å². The Balaban J connectivity index is 2.28. The number of ketones is 1. The fraction of sp³-hybridized carbons (Fsp3) is 0.562. The molecule has 0 aromatic heterocycles.